The van der Waals surface area contributed by atoms with Crippen molar-refractivity contribution in [2.24, 2.45) is 5.92 Å². The number of carbonyl (C=O) groups excluding carboxylic acids is 3. The lowest BCUT2D eigenvalue weighted by Gasteiger charge is -2.37. The summed E-state index contributed by atoms with van der Waals surface area (Å²) in [4.78, 5) is 43.9. The second kappa shape index (κ2) is 6.96. The minimum Gasteiger partial charge on any atom is -0.338 e. The highest BCUT2D eigenvalue weighted by Gasteiger charge is 2.44. The Morgan fingerprint density at radius 2 is 1.52 bits per heavy atom. The maximum Gasteiger partial charge on any atom is 0.262 e. The molecule has 1 atom stereocenters. The smallest absolute Gasteiger partial charge is 0.262 e. The number of nitrogens with zero attached hydrogens (tertiary/aromatic N) is 3. The van der Waals surface area contributed by atoms with E-state index in [0.29, 0.717) is 30.6 Å². The number of carbonyl (C=O) groups is 3. The second-order valence-electron chi connectivity index (χ2n) is 7.30. The van der Waals surface area contributed by atoms with E-state index in [1.54, 1.807) is 29.2 Å². The van der Waals surface area contributed by atoms with E-state index in [1.807, 2.05) is 20.9 Å². The van der Waals surface area contributed by atoms with Gasteiger partial charge >= 0.3 is 0 Å². The van der Waals surface area contributed by atoms with Crippen LogP contribution >= 0.6 is 0 Å². The van der Waals surface area contributed by atoms with Gasteiger partial charge in [0, 0.05) is 26.2 Å². The molecule has 0 radical (unpaired) electrons. The summed E-state index contributed by atoms with van der Waals surface area (Å²) in [5.41, 5.74) is 0.792. The summed E-state index contributed by atoms with van der Waals surface area (Å²) in [5, 5.41) is 0. The third-order valence-electron chi connectivity index (χ3n) is 4.93. The highest BCUT2D eigenvalue weighted by Crippen LogP contribution is 2.28. The molecule has 0 aliphatic carbocycles. The number of amides is 3. The molecule has 0 saturated carbocycles. The van der Waals surface area contributed by atoms with Crippen LogP contribution in [0.15, 0.2) is 24.3 Å². The molecule has 3 amide bonds. The van der Waals surface area contributed by atoms with Crippen molar-refractivity contribution in [1.29, 1.82) is 0 Å². The third kappa shape index (κ3) is 3.31. The fourth-order valence-corrected chi connectivity index (χ4v) is 3.49. The number of hydrogen-bond acceptors (Lipinski definition) is 4. The lowest BCUT2D eigenvalue weighted by Crippen LogP contribution is -2.55. The van der Waals surface area contributed by atoms with Crippen molar-refractivity contribution in [2.45, 2.75) is 26.3 Å². The third-order valence-corrected chi connectivity index (χ3v) is 4.93. The van der Waals surface area contributed by atoms with Crippen LogP contribution in [0, 0.1) is 5.92 Å². The quantitative estimate of drug-likeness (QED) is 0.777. The first kappa shape index (κ1) is 17.6. The molecule has 3 rings (SSSR count). The average Bonchev–Trinajstić information content (AvgIpc) is 2.84. The van der Waals surface area contributed by atoms with Crippen molar-refractivity contribution < 1.29 is 14.4 Å². The van der Waals surface area contributed by atoms with E-state index < -0.39 is 6.04 Å². The van der Waals surface area contributed by atoms with Gasteiger partial charge in [0.25, 0.3) is 11.8 Å². The van der Waals surface area contributed by atoms with Gasteiger partial charge in [-0.25, -0.2) is 0 Å². The van der Waals surface area contributed by atoms with Gasteiger partial charge in [-0.3, -0.25) is 19.3 Å². The molecule has 0 bridgehead atoms. The maximum absolute atomic E-state index is 13.1. The minimum absolute atomic E-state index is 0.115. The summed E-state index contributed by atoms with van der Waals surface area (Å²) >= 11 is 0. The van der Waals surface area contributed by atoms with E-state index in [2.05, 4.69) is 4.90 Å². The van der Waals surface area contributed by atoms with Gasteiger partial charge in [-0.05, 0) is 31.5 Å². The minimum atomic E-state index is -0.726. The highest BCUT2D eigenvalue weighted by atomic mass is 16.2. The molecule has 0 unspecified atom stereocenters. The molecule has 25 heavy (non-hydrogen) atoms. The molecular weight excluding hydrogens is 318 g/mol. The van der Waals surface area contributed by atoms with E-state index in [1.165, 1.54) is 4.90 Å². The van der Waals surface area contributed by atoms with Gasteiger partial charge in [0.05, 0.1) is 11.1 Å². The largest absolute Gasteiger partial charge is 0.338 e. The number of benzene rings is 1. The van der Waals surface area contributed by atoms with Crippen LogP contribution in [0.2, 0.25) is 0 Å². The predicted octanol–water partition coefficient (Wildman–Crippen LogP) is 1.47. The van der Waals surface area contributed by atoms with Crippen molar-refractivity contribution in [2.75, 3.05) is 33.2 Å². The van der Waals surface area contributed by atoms with Crippen molar-refractivity contribution in [3.05, 3.63) is 35.4 Å². The Morgan fingerprint density at radius 1 is 1.00 bits per heavy atom. The first-order valence-corrected chi connectivity index (χ1v) is 8.84. The van der Waals surface area contributed by atoms with Crippen molar-refractivity contribution in [1.82, 2.24) is 14.7 Å². The van der Waals surface area contributed by atoms with Crippen LogP contribution in [-0.2, 0) is 4.79 Å². The van der Waals surface area contributed by atoms with Crippen LogP contribution in [0.1, 0.15) is 41.0 Å². The Hall–Kier alpha value is -2.21. The summed E-state index contributed by atoms with van der Waals surface area (Å²) in [6, 6.07) is 6.07. The van der Waals surface area contributed by atoms with Crippen LogP contribution < -0.4 is 0 Å². The van der Waals surface area contributed by atoms with E-state index in [-0.39, 0.29) is 23.6 Å². The fourth-order valence-electron chi connectivity index (χ4n) is 3.49. The van der Waals surface area contributed by atoms with Gasteiger partial charge in [-0.2, -0.15) is 0 Å². The zero-order valence-corrected chi connectivity index (χ0v) is 15.1. The maximum atomic E-state index is 13.1. The Kier molecular flexibility index (Phi) is 4.90. The second-order valence-corrected chi connectivity index (χ2v) is 7.30. The standard InChI is InChI=1S/C19H25N3O3/c1-13(2)12-16(19(25)21-10-8-20(3)9-11-21)22-17(23)14-6-4-5-7-15(14)18(22)24/h4-7,13,16H,8-12H2,1-3H3/t16-/m1/s1. The molecule has 6 heteroatoms. The van der Waals surface area contributed by atoms with Gasteiger partial charge in [0.2, 0.25) is 5.91 Å². The van der Waals surface area contributed by atoms with Crippen molar-refractivity contribution in [3.63, 3.8) is 0 Å². The molecule has 0 aromatic heterocycles. The Labute approximate surface area is 148 Å². The number of hydrogen-bond donors (Lipinski definition) is 0. The fraction of sp³-hybridized carbons (Fsp3) is 0.526. The SMILES string of the molecule is CC(C)C[C@H](C(=O)N1CCN(C)CC1)N1C(=O)c2ccccc2C1=O. The molecule has 1 fully saturated rings. The van der Waals surface area contributed by atoms with E-state index in [4.69, 9.17) is 0 Å². The van der Waals surface area contributed by atoms with E-state index in [9.17, 15) is 14.4 Å². The van der Waals surface area contributed by atoms with Gasteiger partial charge in [-0.1, -0.05) is 26.0 Å². The molecule has 0 spiro atoms. The Bertz CT molecular complexity index is 658. The van der Waals surface area contributed by atoms with Crippen molar-refractivity contribution in [3.8, 4) is 0 Å². The summed E-state index contributed by atoms with van der Waals surface area (Å²) < 4.78 is 0. The van der Waals surface area contributed by atoms with Crippen LogP contribution in [0.25, 0.3) is 0 Å². The molecule has 1 saturated heterocycles. The molecule has 0 N–H and O–H groups in total. The van der Waals surface area contributed by atoms with Crippen LogP contribution in [0.4, 0.5) is 0 Å². The first-order chi connectivity index (χ1) is 11.9. The molecule has 1 aromatic rings. The average molecular weight is 343 g/mol. The number of fused-ring (bicyclic) bond motifs is 1. The van der Waals surface area contributed by atoms with Gasteiger partial charge in [0.1, 0.15) is 6.04 Å². The predicted molar refractivity (Wildman–Crippen MR) is 94.3 cm³/mol. The summed E-state index contributed by atoms with van der Waals surface area (Å²) in [6.07, 6.45) is 0.483. The number of imide groups is 1. The Balaban J connectivity index is 1.88. The molecule has 2 heterocycles. The van der Waals surface area contributed by atoms with Gasteiger partial charge in [-0.15, -0.1) is 0 Å². The van der Waals surface area contributed by atoms with Crippen LogP contribution in [-0.4, -0.2) is 71.7 Å². The zero-order valence-electron chi connectivity index (χ0n) is 15.1. The van der Waals surface area contributed by atoms with Crippen LogP contribution in [0.5, 0.6) is 0 Å². The number of rotatable bonds is 4. The van der Waals surface area contributed by atoms with E-state index >= 15 is 0 Å². The highest BCUT2D eigenvalue weighted by molar-refractivity contribution is 6.22. The monoisotopic (exact) mass is 343 g/mol. The number of likely N-dealkylation sites (N-methyl/N-ethyl adjacent to an activating group) is 1. The Morgan fingerprint density at radius 3 is 2.00 bits per heavy atom. The normalized spacial score (nSPS) is 19.5. The number of piperazine rings is 1. The lowest BCUT2D eigenvalue weighted by molar-refractivity contribution is -0.137. The first-order valence-electron chi connectivity index (χ1n) is 8.84. The summed E-state index contributed by atoms with van der Waals surface area (Å²) in [5.74, 6) is -0.621. The van der Waals surface area contributed by atoms with Gasteiger partial charge < -0.3 is 9.80 Å². The van der Waals surface area contributed by atoms with Crippen LogP contribution in [0.3, 0.4) is 0 Å². The lowest BCUT2D eigenvalue weighted by atomic mass is 10.0. The summed E-state index contributed by atoms with van der Waals surface area (Å²) in [6.45, 7) is 6.88. The molecule has 6 nitrogen and oxygen atoms in total. The van der Waals surface area contributed by atoms with Gasteiger partial charge in [0.15, 0.2) is 0 Å². The molecular formula is C19H25N3O3. The van der Waals surface area contributed by atoms with E-state index in [0.717, 1.165) is 13.1 Å². The molecule has 1 aromatic carbocycles. The molecule has 2 aliphatic rings. The summed E-state index contributed by atoms with van der Waals surface area (Å²) in [7, 11) is 2.03. The zero-order chi connectivity index (χ0) is 18.1. The van der Waals surface area contributed by atoms with Crippen molar-refractivity contribution >= 4 is 17.7 Å². The molecule has 134 valence electrons. The molecule has 2 aliphatic heterocycles. The topological polar surface area (TPSA) is 60.9 Å².